The number of aryl methyl sites for hydroxylation is 1. The van der Waals surface area contributed by atoms with Crippen molar-refractivity contribution in [2.45, 2.75) is 31.7 Å². The van der Waals surface area contributed by atoms with E-state index in [1.54, 1.807) is 18.0 Å². The summed E-state index contributed by atoms with van der Waals surface area (Å²) in [6, 6.07) is 22.6. The highest BCUT2D eigenvalue weighted by atomic mass is 35.5. The summed E-state index contributed by atoms with van der Waals surface area (Å²) < 4.78 is 0. The van der Waals surface area contributed by atoms with Gasteiger partial charge in [0.15, 0.2) is 0 Å². The molecule has 178 valence electrons. The quantitative estimate of drug-likeness (QED) is 0.365. The first kappa shape index (κ1) is 26.1. The molecule has 1 unspecified atom stereocenters. The molecule has 34 heavy (non-hydrogen) atoms. The lowest BCUT2D eigenvalue weighted by Gasteiger charge is -2.31. The average molecular weight is 516 g/mol. The van der Waals surface area contributed by atoms with E-state index in [-0.39, 0.29) is 17.6 Å². The van der Waals surface area contributed by atoms with Crippen LogP contribution in [0.15, 0.2) is 72.8 Å². The van der Waals surface area contributed by atoms with Gasteiger partial charge in [0.2, 0.25) is 11.8 Å². The van der Waals surface area contributed by atoms with Crippen molar-refractivity contribution < 1.29 is 9.59 Å². The van der Waals surface area contributed by atoms with Gasteiger partial charge in [-0.15, -0.1) is 11.8 Å². The fourth-order valence-electron chi connectivity index (χ4n) is 3.66. The lowest BCUT2D eigenvalue weighted by atomic mass is 10.0. The van der Waals surface area contributed by atoms with E-state index in [1.165, 1.54) is 11.8 Å². The highest BCUT2D eigenvalue weighted by Gasteiger charge is 2.30. The van der Waals surface area contributed by atoms with Gasteiger partial charge in [-0.3, -0.25) is 9.59 Å². The number of hydrogen-bond acceptors (Lipinski definition) is 3. The van der Waals surface area contributed by atoms with Crippen LogP contribution in [0.2, 0.25) is 10.0 Å². The first-order valence-corrected chi connectivity index (χ1v) is 12.9. The molecule has 1 N–H and O–H groups in total. The van der Waals surface area contributed by atoms with Crippen LogP contribution in [0, 0.1) is 6.92 Å². The number of carbonyl (C=O) groups excluding carboxylic acids is 2. The fraction of sp³-hybridized carbons (Fsp3) is 0.259. The van der Waals surface area contributed by atoms with Gasteiger partial charge >= 0.3 is 0 Å². The van der Waals surface area contributed by atoms with Crippen LogP contribution in [-0.2, 0) is 28.3 Å². The third-order valence-electron chi connectivity index (χ3n) is 5.60. The maximum Gasteiger partial charge on any atom is 0.242 e. The predicted molar refractivity (Wildman–Crippen MR) is 142 cm³/mol. The Hall–Kier alpha value is -2.47. The van der Waals surface area contributed by atoms with Crippen LogP contribution >= 0.6 is 35.0 Å². The summed E-state index contributed by atoms with van der Waals surface area (Å²) in [7, 11) is 1.61. The predicted octanol–water partition coefficient (Wildman–Crippen LogP) is 5.92. The number of halogens is 2. The fourth-order valence-corrected chi connectivity index (χ4v) is 4.84. The second kappa shape index (κ2) is 12.8. The molecule has 0 aromatic heterocycles. The molecule has 2 amide bonds. The molecule has 0 fully saturated rings. The van der Waals surface area contributed by atoms with E-state index >= 15 is 0 Å². The summed E-state index contributed by atoms with van der Waals surface area (Å²) in [5, 5.41) is 3.75. The van der Waals surface area contributed by atoms with Crippen LogP contribution < -0.4 is 5.32 Å². The summed E-state index contributed by atoms with van der Waals surface area (Å²) in [6.07, 6.45) is 0.440. The molecular weight excluding hydrogens is 487 g/mol. The smallest absolute Gasteiger partial charge is 0.242 e. The molecule has 0 saturated heterocycles. The largest absolute Gasteiger partial charge is 0.357 e. The maximum atomic E-state index is 13.5. The molecule has 0 aliphatic rings. The standard InChI is InChI=1S/C27H28Cl2N2O2S/c1-19-8-6-7-11-22(19)16-31(25(27(33)30-2)15-20-9-4-3-5-10-20)26(32)18-34-17-21-12-13-23(28)24(29)14-21/h3-14,25H,15-18H2,1-2H3,(H,30,33). The molecule has 7 heteroatoms. The lowest BCUT2D eigenvalue weighted by Crippen LogP contribution is -2.50. The van der Waals surface area contributed by atoms with Gasteiger partial charge in [0, 0.05) is 25.8 Å². The van der Waals surface area contributed by atoms with Crippen LogP contribution in [0.4, 0.5) is 0 Å². The number of thioether (sulfide) groups is 1. The van der Waals surface area contributed by atoms with Gasteiger partial charge in [-0.05, 0) is 41.3 Å². The molecule has 0 aliphatic carbocycles. The van der Waals surface area contributed by atoms with Crippen molar-refractivity contribution in [2.24, 2.45) is 0 Å². The first-order chi connectivity index (χ1) is 16.4. The first-order valence-electron chi connectivity index (χ1n) is 11.0. The third-order valence-corrected chi connectivity index (χ3v) is 7.33. The van der Waals surface area contributed by atoms with E-state index < -0.39 is 6.04 Å². The molecule has 3 aromatic rings. The number of nitrogens with one attached hydrogen (secondary N) is 1. The second-order valence-corrected chi connectivity index (χ2v) is 9.81. The molecule has 4 nitrogen and oxygen atoms in total. The number of rotatable bonds is 10. The Balaban J connectivity index is 1.81. The molecule has 1 atom stereocenters. The Kier molecular flexibility index (Phi) is 9.87. The molecule has 0 aliphatic heterocycles. The lowest BCUT2D eigenvalue weighted by molar-refractivity contribution is -0.139. The van der Waals surface area contributed by atoms with Crippen molar-refractivity contribution in [3.05, 3.63) is 105 Å². The minimum atomic E-state index is -0.620. The van der Waals surface area contributed by atoms with Crippen LogP contribution in [0.5, 0.6) is 0 Å². The summed E-state index contributed by atoms with van der Waals surface area (Å²) in [5.41, 5.74) is 4.10. The highest BCUT2D eigenvalue weighted by molar-refractivity contribution is 7.99. The van der Waals surface area contributed by atoms with E-state index in [0.717, 1.165) is 22.3 Å². The SMILES string of the molecule is CNC(=O)C(Cc1ccccc1)N(Cc1ccccc1C)C(=O)CSCc1ccc(Cl)c(Cl)c1. The maximum absolute atomic E-state index is 13.5. The molecule has 0 radical (unpaired) electrons. The summed E-state index contributed by atoms with van der Waals surface area (Å²) in [5.74, 6) is 0.594. The van der Waals surface area contributed by atoms with Gasteiger partial charge in [0.1, 0.15) is 6.04 Å². The van der Waals surface area contributed by atoms with Crippen molar-refractivity contribution in [1.29, 1.82) is 0 Å². The molecule has 0 saturated carbocycles. The zero-order valence-corrected chi connectivity index (χ0v) is 21.6. The molecule has 0 bridgehead atoms. The number of likely N-dealkylation sites (N-methyl/N-ethyl adjacent to an activating group) is 1. The Bertz CT molecular complexity index is 1120. The van der Waals surface area contributed by atoms with Gasteiger partial charge < -0.3 is 10.2 Å². The van der Waals surface area contributed by atoms with Crippen molar-refractivity contribution in [3.63, 3.8) is 0 Å². The number of benzene rings is 3. The zero-order chi connectivity index (χ0) is 24.5. The van der Waals surface area contributed by atoms with Crippen molar-refractivity contribution >= 4 is 46.8 Å². The minimum Gasteiger partial charge on any atom is -0.357 e. The van der Waals surface area contributed by atoms with E-state index in [1.807, 2.05) is 73.7 Å². The van der Waals surface area contributed by atoms with Gasteiger partial charge in [0.25, 0.3) is 0 Å². The normalized spacial score (nSPS) is 11.6. The summed E-state index contributed by atoms with van der Waals surface area (Å²) in [6.45, 7) is 2.38. The number of hydrogen-bond donors (Lipinski definition) is 1. The second-order valence-electron chi connectivity index (χ2n) is 8.01. The van der Waals surface area contributed by atoms with Crippen molar-refractivity contribution in [3.8, 4) is 0 Å². The van der Waals surface area contributed by atoms with Crippen LogP contribution in [-0.4, -0.2) is 35.6 Å². The molecule has 0 spiro atoms. The molecular formula is C27H28Cl2N2O2S. The highest BCUT2D eigenvalue weighted by Crippen LogP contribution is 2.25. The monoisotopic (exact) mass is 514 g/mol. The van der Waals surface area contributed by atoms with E-state index in [4.69, 9.17) is 23.2 Å². The van der Waals surface area contributed by atoms with Crippen LogP contribution in [0.25, 0.3) is 0 Å². The topological polar surface area (TPSA) is 49.4 Å². The van der Waals surface area contributed by atoms with E-state index in [0.29, 0.717) is 28.8 Å². The number of carbonyl (C=O) groups is 2. The van der Waals surface area contributed by atoms with Gasteiger partial charge in [-0.2, -0.15) is 0 Å². The summed E-state index contributed by atoms with van der Waals surface area (Å²) >= 11 is 13.6. The van der Waals surface area contributed by atoms with Gasteiger partial charge in [-0.1, -0.05) is 83.9 Å². The van der Waals surface area contributed by atoms with E-state index in [2.05, 4.69) is 5.32 Å². The average Bonchev–Trinajstić information content (AvgIpc) is 2.84. The Labute approximate surface area is 215 Å². The summed E-state index contributed by atoms with van der Waals surface area (Å²) in [4.78, 5) is 28.2. The van der Waals surface area contributed by atoms with Crippen molar-refractivity contribution in [2.75, 3.05) is 12.8 Å². The van der Waals surface area contributed by atoms with Gasteiger partial charge in [-0.25, -0.2) is 0 Å². The van der Waals surface area contributed by atoms with Crippen LogP contribution in [0.1, 0.15) is 22.3 Å². The molecule has 0 heterocycles. The van der Waals surface area contributed by atoms with Gasteiger partial charge in [0.05, 0.1) is 15.8 Å². The molecule has 3 rings (SSSR count). The Morgan fingerprint density at radius 3 is 2.32 bits per heavy atom. The number of amides is 2. The minimum absolute atomic E-state index is 0.0853. The zero-order valence-electron chi connectivity index (χ0n) is 19.3. The van der Waals surface area contributed by atoms with Crippen molar-refractivity contribution in [1.82, 2.24) is 10.2 Å². The number of nitrogens with zero attached hydrogens (tertiary/aromatic N) is 1. The Morgan fingerprint density at radius 1 is 0.941 bits per heavy atom. The Morgan fingerprint density at radius 2 is 1.65 bits per heavy atom. The third kappa shape index (κ3) is 7.26. The molecule has 3 aromatic carbocycles. The van der Waals surface area contributed by atoms with Crippen LogP contribution in [0.3, 0.4) is 0 Å². The van der Waals surface area contributed by atoms with E-state index in [9.17, 15) is 9.59 Å².